The fourth-order valence-corrected chi connectivity index (χ4v) is 2.43. The summed E-state index contributed by atoms with van der Waals surface area (Å²) in [6, 6.07) is 8.13. The first kappa shape index (κ1) is 15.7. The van der Waals surface area contributed by atoms with Crippen LogP contribution in [0.3, 0.4) is 0 Å². The molecular formula is C16H23N3O2. The molecule has 0 bridgehead atoms. The molecule has 114 valence electrons. The first-order valence-corrected chi connectivity index (χ1v) is 7.11. The molecular weight excluding hydrogens is 266 g/mol. The smallest absolute Gasteiger partial charge is 0.0723 e. The number of hydrogen-bond acceptors (Lipinski definition) is 5. The number of hydrogen-bond donors (Lipinski definition) is 1. The lowest BCUT2D eigenvalue weighted by Gasteiger charge is -2.27. The molecule has 0 aliphatic carbocycles. The number of pyridine rings is 1. The molecule has 0 atom stereocenters. The number of benzene rings is 1. The molecule has 1 aromatic heterocycles. The Kier molecular flexibility index (Phi) is 5.92. The van der Waals surface area contributed by atoms with E-state index >= 15 is 0 Å². The van der Waals surface area contributed by atoms with Crippen molar-refractivity contribution in [2.75, 3.05) is 45.4 Å². The zero-order valence-corrected chi connectivity index (χ0v) is 12.7. The highest BCUT2D eigenvalue weighted by Gasteiger charge is 2.15. The number of para-hydroxylation sites is 1. The maximum Gasteiger partial charge on any atom is 0.0723 e. The molecule has 2 N–H and O–H groups in total. The molecule has 5 heteroatoms. The number of anilines is 1. The van der Waals surface area contributed by atoms with Crippen molar-refractivity contribution in [3.8, 4) is 0 Å². The molecule has 0 saturated carbocycles. The molecule has 0 saturated heterocycles. The van der Waals surface area contributed by atoms with Crippen LogP contribution in [0.4, 0.5) is 5.69 Å². The van der Waals surface area contributed by atoms with Gasteiger partial charge in [-0.25, -0.2) is 0 Å². The number of aromatic nitrogens is 1. The SMILES string of the molecule is COCCN(CCOC)c1c(CN)cnc2ccccc12. The first-order chi connectivity index (χ1) is 10.3. The molecule has 0 aliphatic rings. The van der Waals surface area contributed by atoms with Crippen LogP contribution in [0, 0.1) is 0 Å². The molecule has 1 aromatic carbocycles. The molecule has 5 nitrogen and oxygen atoms in total. The summed E-state index contributed by atoms with van der Waals surface area (Å²) >= 11 is 0. The van der Waals surface area contributed by atoms with Crippen molar-refractivity contribution in [3.05, 3.63) is 36.0 Å². The van der Waals surface area contributed by atoms with Crippen LogP contribution in [0.15, 0.2) is 30.5 Å². The van der Waals surface area contributed by atoms with Gasteiger partial charge in [0.1, 0.15) is 0 Å². The van der Waals surface area contributed by atoms with Gasteiger partial charge < -0.3 is 20.1 Å². The van der Waals surface area contributed by atoms with E-state index in [1.165, 1.54) is 0 Å². The highest BCUT2D eigenvalue weighted by atomic mass is 16.5. The predicted molar refractivity (Wildman–Crippen MR) is 85.6 cm³/mol. The Morgan fingerprint density at radius 1 is 1.10 bits per heavy atom. The lowest BCUT2D eigenvalue weighted by molar-refractivity contribution is 0.190. The van der Waals surface area contributed by atoms with Crippen LogP contribution in [0.5, 0.6) is 0 Å². The van der Waals surface area contributed by atoms with Gasteiger partial charge >= 0.3 is 0 Å². The van der Waals surface area contributed by atoms with Gasteiger partial charge in [-0.05, 0) is 6.07 Å². The van der Waals surface area contributed by atoms with Gasteiger partial charge in [-0.15, -0.1) is 0 Å². The van der Waals surface area contributed by atoms with Crippen LogP contribution < -0.4 is 10.6 Å². The minimum Gasteiger partial charge on any atom is -0.383 e. The Bertz CT molecular complexity index is 566. The Labute approximate surface area is 125 Å². The fraction of sp³-hybridized carbons (Fsp3) is 0.438. The van der Waals surface area contributed by atoms with Crippen LogP contribution in [-0.2, 0) is 16.0 Å². The lowest BCUT2D eigenvalue weighted by atomic mass is 10.1. The quantitative estimate of drug-likeness (QED) is 0.803. The highest BCUT2D eigenvalue weighted by Crippen LogP contribution is 2.29. The number of methoxy groups -OCH3 is 2. The molecule has 2 rings (SSSR count). The molecule has 0 amide bonds. The molecule has 0 aliphatic heterocycles. The van der Waals surface area contributed by atoms with Crippen molar-refractivity contribution in [1.29, 1.82) is 0 Å². The lowest BCUT2D eigenvalue weighted by Crippen LogP contribution is -2.32. The molecule has 0 spiro atoms. The van der Waals surface area contributed by atoms with E-state index < -0.39 is 0 Å². The van der Waals surface area contributed by atoms with E-state index in [1.807, 2.05) is 24.4 Å². The average molecular weight is 289 g/mol. The highest BCUT2D eigenvalue weighted by molar-refractivity contribution is 5.93. The van der Waals surface area contributed by atoms with Crippen molar-refractivity contribution >= 4 is 16.6 Å². The average Bonchev–Trinajstić information content (AvgIpc) is 2.54. The summed E-state index contributed by atoms with van der Waals surface area (Å²) in [4.78, 5) is 6.75. The van der Waals surface area contributed by atoms with Crippen LogP contribution in [0.1, 0.15) is 5.56 Å². The van der Waals surface area contributed by atoms with Crippen molar-refractivity contribution < 1.29 is 9.47 Å². The van der Waals surface area contributed by atoms with E-state index in [0.717, 1.165) is 35.2 Å². The zero-order chi connectivity index (χ0) is 15.1. The van der Waals surface area contributed by atoms with Crippen LogP contribution in [0.25, 0.3) is 10.9 Å². The molecule has 21 heavy (non-hydrogen) atoms. The van der Waals surface area contributed by atoms with Crippen LogP contribution >= 0.6 is 0 Å². The predicted octanol–water partition coefficient (Wildman–Crippen LogP) is 1.79. The van der Waals surface area contributed by atoms with Gasteiger partial charge in [-0.1, -0.05) is 18.2 Å². The third-order valence-corrected chi connectivity index (χ3v) is 3.49. The molecule has 1 heterocycles. The first-order valence-electron chi connectivity index (χ1n) is 7.11. The maximum atomic E-state index is 5.91. The normalized spacial score (nSPS) is 11.0. The Hall–Kier alpha value is -1.69. The fourth-order valence-electron chi connectivity index (χ4n) is 2.43. The summed E-state index contributed by atoms with van der Waals surface area (Å²) in [5, 5.41) is 1.12. The second-order valence-electron chi connectivity index (χ2n) is 4.83. The van der Waals surface area contributed by atoms with Gasteiger partial charge in [0.15, 0.2) is 0 Å². The number of fused-ring (bicyclic) bond motifs is 1. The Morgan fingerprint density at radius 3 is 2.38 bits per heavy atom. The van der Waals surface area contributed by atoms with Gasteiger partial charge in [-0.2, -0.15) is 0 Å². The van der Waals surface area contributed by atoms with Gasteiger partial charge in [0.25, 0.3) is 0 Å². The Balaban J connectivity index is 2.47. The topological polar surface area (TPSA) is 60.6 Å². The van der Waals surface area contributed by atoms with Crippen LogP contribution in [-0.4, -0.2) is 45.5 Å². The van der Waals surface area contributed by atoms with E-state index in [-0.39, 0.29) is 0 Å². The van der Waals surface area contributed by atoms with Crippen molar-refractivity contribution in [2.45, 2.75) is 6.54 Å². The zero-order valence-electron chi connectivity index (χ0n) is 12.7. The second-order valence-corrected chi connectivity index (χ2v) is 4.83. The minimum absolute atomic E-state index is 0.462. The second kappa shape index (κ2) is 7.93. The Morgan fingerprint density at radius 2 is 1.76 bits per heavy atom. The number of nitrogens with two attached hydrogens (primary N) is 1. The summed E-state index contributed by atoms with van der Waals surface area (Å²) < 4.78 is 10.5. The number of rotatable bonds is 8. The van der Waals surface area contributed by atoms with E-state index in [1.54, 1.807) is 14.2 Å². The summed E-state index contributed by atoms with van der Waals surface area (Å²) in [5.41, 5.74) is 9.06. The third-order valence-electron chi connectivity index (χ3n) is 3.49. The summed E-state index contributed by atoms with van der Waals surface area (Å²) in [7, 11) is 3.42. The van der Waals surface area contributed by atoms with Gasteiger partial charge in [0, 0.05) is 51.0 Å². The van der Waals surface area contributed by atoms with Crippen molar-refractivity contribution in [3.63, 3.8) is 0 Å². The van der Waals surface area contributed by atoms with E-state index in [0.29, 0.717) is 19.8 Å². The minimum atomic E-state index is 0.462. The largest absolute Gasteiger partial charge is 0.383 e. The third kappa shape index (κ3) is 3.69. The summed E-state index contributed by atoms with van der Waals surface area (Å²) in [6.45, 7) is 3.36. The molecule has 2 aromatic rings. The van der Waals surface area contributed by atoms with Gasteiger partial charge in [0.2, 0.25) is 0 Å². The molecule has 0 fully saturated rings. The maximum absolute atomic E-state index is 5.91. The van der Waals surface area contributed by atoms with Gasteiger partial charge in [-0.3, -0.25) is 4.98 Å². The van der Waals surface area contributed by atoms with E-state index in [9.17, 15) is 0 Å². The number of ether oxygens (including phenoxy) is 2. The standard InChI is InChI=1S/C16H23N3O2/c1-20-9-7-19(8-10-21-2)16-13(11-17)12-18-15-6-4-3-5-14(15)16/h3-6,12H,7-11,17H2,1-2H3. The van der Waals surface area contributed by atoms with E-state index in [2.05, 4.69) is 16.0 Å². The van der Waals surface area contributed by atoms with Crippen LogP contribution in [0.2, 0.25) is 0 Å². The van der Waals surface area contributed by atoms with E-state index in [4.69, 9.17) is 15.2 Å². The van der Waals surface area contributed by atoms with Crippen molar-refractivity contribution in [1.82, 2.24) is 4.98 Å². The van der Waals surface area contributed by atoms with Crippen molar-refractivity contribution in [2.24, 2.45) is 5.73 Å². The van der Waals surface area contributed by atoms with Gasteiger partial charge in [0.05, 0.1) is 24.4 Å². The monoisotopic (exact) mass is 289 g/mol. The summed E-state index contributed by atoms with van der Waals surface area (Å²) in [6.07, 6.45) is 1.87. The molecule has 0 radical (unpaired) electrons. The summed E-state index contributed by atoms with van der Waals surface area (Å²) in [5.74, 6) is 0. The molecule has 0 unspecified atom stereocenters. The number of nitrogens with zero attached hydrogens (tertiary/aromatic N) is 2.